The smallest absolute Gasteiger partial charge is 0.251 e. The van der Waals surface area contributed by atoms with E-state index in [0.717, 1.165) is 53.6 Å². The maximum Gasteiger partial charge on any atom is 0.251 e. The van der Waals surface area contributed by atoms with Crippen LogP contribution < -0.4 is 15.0 Å². The van der Waals surface area contributed by atoms with Gasteiger partial charge in [0, 0.05) is 49.3 Å². The van der Waals surface area contributed by atoms with Crippen molar-refractivity contribution in [3.63, 3.8) is 0 Å². The predicted molar refractivity (Wildman–Crippen MR) is 126 cm³/mol. The number of amides is 1. The number of carbonyl (C=O) groups excluding carboxylic acids is 1. The summed E-state index contributed by atoms with van der Waals surface area (Å²) in [6, 6.07) is 11.5. The minimum absolute atomic E-state index is 0.0278. The Hall–Kier alpha value is -2.16. The van der Waals surface area contributed by atoms with Gasteiger partial charge < -0.3 is 15.0 Å². The van der Waals surface area contributed by atoms with Crippen molar-refractivity contribution >= 4 is 48.5 Å². The van der Waals surface area contributed by atoms with Crippen molar-refractivity contribution in [2.24, 2.45) is 0 Å². The Labute approximate surface area is 189 Å². The zero-order valence-corrected chi connectivity index (χ0v) is 19.6. The summed E-state index contributed by atoms with van der Waals surface area (Å²) in [5, 5.41) is 4.07. The molecule has 0 saturated carbocycles. The van der Waals surface area contributed by atoms with E-state index in [1.54, 1.807) is 18.4 Å². The van der Waals surface area contributed by atoms with Crippen molar-refractivity contribution in [2.75, 3.05) is 51.3 Å². The molecule has 30 heavy (non-hydrogen) atoms. The number of aryl methyl sites for hydroxylation is 1. The quantitative estimate of drug-likeness (QED) is 0.569. The summed E-state index contributed by atoms with van der Waals surface area (Å²) < 4.78 is 7.65. The number of thiazole rings is 1. The molecule has 2 heterocycles. The number of aromatic nitrogens is 1. The zero-order chi connectivity index (χ0) is 21.1. The molecule has 1 saturated heterocycles. The second-order valence-electron chi connectivity index (χ2n) is 7.35. The van der Waals surface area contributed by atoms with Gasteiger partial charge in [-0.15, -0.1) is 0 Å². The van der Waals surface area contributed by atoms with Crippen molar-refractivity contribution < 1.29 is 9.53 Å². The van der Waals surface area contributed by atoms with Crippen LogP contribution in [0.15, 0.2) is 40.9 Å². The summed E-state index contributed by atoms with van der Waals surface area (Å²) in [4.78, 5) is 21.8. The lowest BCUT2D eigenvalue weighted by Crippen LogP contribution is -2.48. The lowest BCUT2D eigenvalue weighted by Gasteiger charge is -2.34. The largest absolute Gasteiger partial charge is 0.494 e. The van der Waals surface area contributed by atoms with Gasteiger partial charge in [-0.3, -0.25) is 9.69 Å². The van der Waals surface area contributed by atoms with Crippen LogP contribution in [0.3, 0.4) is 0 Å². The molecule has 1 aromatic heterocycles. The molecule has 0 radical (unpaired) electrons. The minimum atomic E-state index is -0.0278. The van der Waals surface area contributed by atoms with Crippen LogP contribution in [0.5, 0.6) is 5.75 Å². The lowest BCUT2D eigenvalue weighted by atomic mass is 10.2. The van der Waals surface area contributed by atoms with Crippen molar-refractivity contribution in [2.45, 2.75) is 6.92 Å². The number of hydrogen-bond acceptors (Lipinski definition) is 6. The first-order chi connectivity index (χ1) is 14.5. The van der Waals surface area contributed by atoms with Gasteiger partial charge in [0.2, 0.25) is 0 Å². The summed E-state index contributed by atoms with van der Waals surface area (Å²) in [7, 11) is 1.69. The van der Waals surface area contributed by atoms with Crippen molar-refractivity contribution in [3.05, 3.63) is 52.0 Å². The van der Waals surface area contributed by atoms with Crippen molar-refractivity contribution in [1.82, 2.24) is 15.2 Å². The third-order valence-electron chi connectivity index (χ3n) is 5.37. The SMILES string of the molecule is COc1ccc(C)c2sc(N3CCN(CCNC(=O)c4ccc(Br)cc4)CC3)nc12. The summed E-state index contributed by atoms with van der Waals surface area (Å²) in [5.74, 6) is 0.804. The van der Waals surface area contributed by atoms with Gasteiger partial charge in [0.05, 0.1) is 11.8 Å². The molecule has 0 spiro atoms. The first kappa shape index (κ1) is 21.1. The highest BCUT2D eigenvalue weighted by molar-refractivity contribution is 9.10. The number of fused-ring (bicyclic) bond motifs is 1. The molecule has 1 aliphatic heterocycles. The Balaban J connectivity index is 1.29. The molecule has 8 heteroatoms. The fourth-order valence-electron chi connectivity index (χ4n) is 3.59. The number of halogens is 1. The van der Waals surface area contributed by atoms with Crippen LogP contribution in [0.1, 0.15) is 15.9 Å². The van der Waals surface area contributed by atoms with E-state index < -0.39 is 0 Å². The Morgan fingerprint density at radius 1 is 1.17 bits per heavy atom. The number of benzene rings is 2. The molecule has 0 unspecified atom stereocenters. The van der Waals surface area contributed by atoms with E-state index in [4.69, 9.17) is 9.72 Å². The topological polar surface area (TPSA) is 57.7 Å². The summed E-state index contributed by atoms with van der Waals surface area (Å²) in [6.07, 6.45) is 0. The molecule has 158 valence electrons. The molecule has 0 bridgehead atoms. The monoisotopic (exact) mass is 488 g/mol. The van der Waals surface area contributed by atoms with Crippen LogP contribution in [0.2, 0.25) is 0 Å². The molecular weight excluding hydrogens is 464 g/mol. The molecule has 3 aromatic rings. The number of hydrogen-bond donors (Lipinski definition) is 1. The Bertz CT molecular complexity index is 1030. The van der Waals surface area contributed by atoms with Gasteiger partial charge >= 0.3 is 0 Å². The Morgan fingerprint density at radius 2 is 1.90 bits per heavy atom. The average Bonchev–Trinajstić information content (AvgIpc) is 3.21. The Kier molecular flexibility index (Phi) is 6.55. The number of anilines is 1. The van der Waals surface area contributed by atoms with Gasteiger partial charge in [-0.1, -0.05) is 33.3 Å². The predicted octanol–water partition coefficient (Wildman–Crippen LogP) is 3.93. The second kappa shape index (κ2) is 9.32. The van der Waals surface area contributed by atoms with Gasteiger partial charge in [-0.25, -0.2) is 4.98 Å². The van der Waals surface area contributed by atoms with Gasteiger partial charge in [-0.05, 0) is 42.8 Å². The second-order valence-corrected chi connectivity index (χ2v) is 9.24. The van der Waals surface area contributed by atoms with Crippen LogP contribution in [0.25, 0.3) is 10.2 Å². The molecule has 0 atom stereocenters. The first-order valence-electron chi connectivity index (χ1n) is 10.0. The normalized spacial score (nSPS) is 14.8. The number of nitrogens with zero attached hydrogens (tertiary/aromatic N) is 3. The highest BCUT2D eigenvalue weighted by Crippen LogP contribution is 2.36. The maximum atomic E-state index is 12.2. The molecule has 1 amide bonds. The standard InChI is InChI=1S/C22H25BrN4O2S/c1-15-3-8-18(29-2)19-20(15)30-22(25-19)27-13-11-26(12-14-27)10-9-24-21(28)16-4-6-17(23)7-5-16/h3-8H,9-14H2,1-2H3,(H,24,28). The van der Waals surface area contributed by atoms with E-state index in [2.05, 4.69) is 44.0 Å². The van der Waals surface area contributed by atoms with Gasteiger partial charge in [0.25, 0.3) is 5.91 Å². The van der Waals surface area contributed by atoms with E-state index >= 15 is 0 Å². The fraction of sp³-hybridized carbons (Fsp3) is 0.364. The third-order valence-corrected chi connectivity index (χ3v) is 7.16. The molecular formula is C22H25BrN4O2S. The molecule has 2 aromatic carbocycles. The number of rotatable bonds is 6. The molecule has 4 rings (SSSR count). The highest BCUT2D eigenvalue weighted by Gasteiger charge is 2.21. The van der Waals surface area contributed by atoms with E-state index in [1.807, 2.05) is 30.3 Å². The summed E-state index contributed by atoms with van der Waals surface area (Å²) >= 11 is 5.13. The highest BCUT2D eigenvalue weighted by atomic mass is 79.9. The number of nitrogens with one attached hydrogen (secondary N) is 1. The van der Waals surface area contributed by atoms with E-state index in [9.17, 15) is 4.79 Å². The number of piperazine rings is 1. The van der Waals surface area contributed by atoms with Gasteiger partial charge in [0.15, 0.2) is 5.13 Å². The number of carbonyl (C=O) groups is 1. The third kappa shape index (κ3) is 4.61. The van der Waals surface area contributed by atoms with Crippen LogP contribution in [-0.2, 0) is 0 Å². The average molecular weight is 489 g/mol. The minimum Gasteiger partial charge on any atom is -0.494 e. The van der Waals surface area contributed by atoms with E-state index in [1.165, 1.54) is 10.3 Å². The van der Waals surface area contributed by atoms with Crippen LogP contribution in [0, 0.1) is 6.92 Å². The van der Waals surface area contributed by atoms with Crippen molar-refractivity contribution in [1.29, 1.82) is 0 Å². The number of ether oxygens (including phenoxy) is 1. The maximum absolute atomic E-state index is 12.2. The lowest BCUT2D eigenvalue weighted by molar-refractivity contribution is 0.0948. The molecule has 1 fully saturated rings. The molecule has 1 N–H and O–H groups in total. The fourth-order valence-corrected chi connectivity index (χ4v) is 4.96. The van der Waals surface area contributed by atoms with Gasteiger partial charge in [-0.2, -0.15) is 0 Å². The van der Waals surface area contributed by atoms with Crippen molar-refractivity contribution in [3.8, 4) is 5.75 Å². The Morgan fingerprint density at radius 3 is 2.60 bits per heavy atom. The summed E-state index contributed by atoms with van der Waals surface area (Å²) in [6.45, 7) is 7.39. The van der Waals surface area contributed by atoms with E-state index in [0.29, 0.717) is 12.1 Å². The summed E-state index contributed by atoms with van der Waals surface area (Å²) in [5.41, 5.74) is 2.87. The van der Waals surface area contributed by atoms with Gasteiger partial charge in [0.1, 0.15) is 11.3 Å². The van der Waals surface area contributed by atoms with E-state index in [-0.39, 0.29) is 5.91 Å². The first-order valence-corrected chi connectivity index (χ1v) is 11.6. The van der Waals surface area contributed by atoms with Crippen LogP contribution in [0.4, 0.5) is 5.13 Å². The molecule has 0 aliphatic carbocycles. The molecule has 6 nitrogen and oxygen atoms in total. The molecule has 1 aliphatic rings. The zero-order valence-electron chi connectivity index (χ0n) is 17.2. The van der Waals surface area contributed by atoms with Crippen LogP contribution >= 0.6 is 27.3 Å². The van der Waals surface area contributed by atoms with Crippen LogP contribution in [-0.4, -0.2) is 62.2 Å². The number of methoxy groups -OCH3 is 1.